The summed E-state index contributed by atoms with van der Waals surface area (Å²) >= 11 is 0. The van der Waals surface area contributed by atoms with Crippen LogP contribution < -0.4 is 0 Å². The molecule has 0 saturated carbocycles. The first-order chi connectivity index (χ1) is 15.1. The van der Waals surface area contributed by atoms with Crippen LogP contribution in [0.5, 0.6) is 0 Å². The van der Waals surface area contributed by atoms with Crippen LogP contribution in [0, 0.1) is 0 Å². The van der Waals surface area contributed by atoms with Crippen molar-refractivity contribution in [2.75, 3.05) is 13.2 Å². The van der Waals surface area contributed by atoms with Crippen LogP contribution in [0.2, 0.25) is 0 Å². The van der Waals surface area contributed by atoms with Gasteiger partial charge in [-0.25, -0.2) is 0 Å². The van der Waals surface area contributed by atoms with E-state index in [2.05, 4.69) is 11.3 Å². The summed E-state index contributed by atoms with van der Waals surface area (Å²) in [5.74, 6) is -1.55. The van der Waals surface area contributed by atoms with E-state index in [0.717, 1.165) is 6.26 Å². The van der Waals surface area contributed by atoms with Crippen LogP contribution in [-0.4, -0.2) is 122 Å². The van der Waals surface area contributed by atoms with Crippen LogP contribution in [0.4, 0.5) is 0 Å². The maximum Gasteiger partial charge on any atom is 0.311 e. The molecule has 0 bridgehead atoms. The zero-order valence-corrected chi connectivity index (χ0v) is 16.9. The van der Waals surface area contributed by atoms with Gasteiger partial charge in [0.2, 0.25) is 0 Å². The molecule has 14 heteroatoms. The van der Waals surface area contributed by atoms with E-state index in [1.165, 1.54) is 0 Å². The minimum Gasteiger partial charge on any atom is -0.463 e. The fourth-order valence-corrected chi connectivity index (χ4v) is 3.16. The molecule has 0 aliphatic carbocycles. The molecule has 0 spiro atoms. The maximum atomic E-state index is 11.8. The molecular formula is C18H28O14. The molecule has 32 heavy (non-hydrogen) atoms. The molecule has 2 aliphatic rings. The van der Waals surface area contributed by atoms with Gasteiger partial charge in [-0.15, -0.1) is 0 Å². The lowest BCUT2D eigenvalue weighted by Gasteiger charge is -2.45. The zero-order valence-electron chi connectivity index (χ0n) is 16.9. The van der Waals surface area contributed by atoms with Crippen molar-refractivity contribution in [3.63, 3.8) is 0 Å². The molecule has 2 fully saturated rings. The van der Waals surface area contributed by atoms with Gasteiger partial charge >= 0.3 is 11.9 Å². The molecule has 0 aromatic heterocycles. The smallest absolute Gasteiger partial charge is 0.311 e. The van der Waals surface area contributed by atoms with E-state index in [0.29, 0.717) is 0 Å². The molecule has 184 valence electrons. The Bertz CT molecular complexity index is 641. The number of carbonyl (C=O) groups is 2. The molecular weight excluding hydrogens is 440 g/mol. The SMILES string of the molecule is C=COC(=O)CCC(=O)OC[C@H]1O[C@H](O[C@H]2[C@H](O)[C@@H](O)C(O)O[C@@H]2CO)[C@H](O)[C@@H](O)[C@@H]1O. The summed E-state index contributed by atoms with van der Waals surface area (Å²) in [6.45, 7) is 1.87. The molecule has 0 amide bonds. The van der Waals surface area contributed by atoms with Gasteiger partial charge in [-0.1, -0.05) is 6.58 Å². The summed E-state index contributed by atoms with van der Waals surface area (Å²) in [6.07, 6.45) is -16.4. The molecule has 2 heterocycles. The van der Waals surface area contributed by atoms with Gasteiger partial charge in [0.05, 0.1) is 25.7 Å². The van der Waals surface area contributed by atoms with Gasteiger partial charge in [-0.3, -0.25) is 9.59 Å². The van der Waals surface area contributed by atoms with E-state index in [1.54, 1.807) is 0 Å². The minimum absolute atomic E-state index is 0.289. The first-order valence-electron chi connectivity index (χ1n) is 9.72. The van der Waals surface area contributed by atoms with E-state index in [4.69, 9.17) is 18.9 Å². The standard InChI is InChI=1S/C18H28O14/c1-2-28-9(20)3-4-10(21)29-6-8-11(22)12(23)15(26)18(31-8)32-16-7(5-19)30-17(27)14(25)13(16)24/h2,7-8,11-19,22-27H,1,3-6H2/t7-,8-,11-,12+,13-,14-,15-,16-,17?,18-/m1/s1. The molecule has 2 aliphatic heterocycles. The molecule has 2 rings (SSSR count). The second-order valence-electron chi connectivity index (χ2n) is 7.18. The lowest BCUT2D eigenvalue weighted by Crippen LogP contribution is -2.64. The summed E-state index contributed by atoms with van der Waals surface area (Å²) in [5.41, 5.74) is 0. The highest BCUT2D eigenvalue weighted by Gasteiger charge is 2.50. The molecule has 14 nitrogen and oxygen atoms in total. The zero-order chi connectivity index (χ0) is 24.0. The van der Waals surface area contributed by atoms with E-state index in [1.807, 2.05) is 0 Å². The van der Waals surface area contributed by atoms with Crippen molar-refractivity contribution in [2.24, 2.45) is 0 Å². The second kappa shape index (κ2) is 11.9. The van der Waals surface area contributed by atoms with Gasteiger partial charge in [0, 0.05) is 0 Å². The third-order valence-electron chi connectivity index (χ3n) is 4.96. The van der Waals surface area contributed by atoms with Gasteiger partial charge < -0.3 is 59.4 Å². The Balaban J connectivity index is 1.98. The fourth-order valence-electron chi connectivity index (χ4n) is 3.16. The lowest BCUT2D eigenvalue weighted by molar-refractivity contribution is -0.355. The largest absolute Gasteiger partial charge is 0.463 e. The third kappa shape index (κ3) is 6.41. The average Bonchev–Trinajstić information content (AvgIpc) is 2.77. The highest BCUT2D eigenvalue weighted by atomic mass is 16.7. The second-order valence-corrected chi connectivity index (χ2v) is 7.18. The Morgan fingerprint density at radius 3 is 2.12 bits per heavy atom. The van der Waals surface area contributed by atoms with Crippen molar-refractivity contribution in [1.82, 2.24) is 0 Å². The Kier molecular flexibility index (Phi) is 9.90. The third-order valence-corrected chi connectivity index (χ3v) is 4.96. The van der Waals surface area contributed by atoms with Crippen LogP contribution in [0.25, 0.3) is 0 Å². The number of aliphatic hydroxyl groups excluding tert-OH is 7. The van der Waals surface area contributed by atoms with Gasteiger partial charge in [-0.05, 0) is 0 Å². The summed E-state index contributed by atoms with van der Waals surface area (Å²) < 4.78 is 25.0. The predicted molar refractivity (Wildman–Crippen MR) is 98.0 cm³/mol. The maximum absolute atomic E-state index is 11.8. The van der Waals surface area contributed by atoms with Crippen LogP contribution in [0.1, 0.15) is 12.8 Å². The van der Waals surface area contributed by atoms with Crippen molar-refractivity contribution in [2.45, 2.75) is 74.3 Å². The molecule has 1 unspecified atom stereocenters. The molecule has 0 aromatic carbocycles. The summed E-state index contributed by atoms with van der Waals surface area (Å²) in [7, 11) is 0. The number of aliphatic hydroxyl groups is 7. The van der Waals surface area contributed by atoms with Crippen molar-refractivity contribution >= 4 is 11.9 Å². The van der Waals surface area contributed by atoms with Crippen LogP contribution in [0.15, 0.2) is 12.8 Å². The number of hydrogen-bond donors (Lipinski definition) is 7. The molecule has 0 radical (unpaired) electrons. The van der Waals surface area contributed by atoms with E-state index in [-0.39, 0.29) is 12.8 Å². The van der Waals surface area contributed by atoms with Gasteiger partial charge in [0.25, 0.3) is 0 Å². The predicted octanol–water partition coefficient (Wildman–Crippen LogP) is -4.38. The van der Waals surface area contributed by atoms with Gasteiger partial charge in [0.15, 0.2) is 12.6 Å². The first kappa shape index (κ1) is 26.5. The van der Waals surface area contributed by atoms with Crippen molar-refractivity contribution in [3.8, 4) is 0 Å². The minimum atomic E-state index is -1.83. The van der Waals surface area contributed by atoms with Crippen LogP contribution in [-0.2, 0) is 33.3 Å². The normalized spacial score (nSPS) is 39.8. The van der Waals surface area contributed by atoms with Crippen molar-refractivity contribution < 1.29 is 69.0 Å². The first-order valence-corrected chi connectivity index (χ1v) is 9.72. The van der Waals surface area contributed by atoms with Gasteiger partial charge in [-0.2, -0.15) is 0 Å². The number of ether oxygens (including phenoxy) is 5. The Hall–Kier alpha value is -1.72. The topological polar surface area (TPSA) is 222 Å². The number of rotatable bonds is 9. The highest BCUT2D eigenvalue weighted by Crippen LogP contribution is 2.28. The van der Waals surface area contributed by atoms with Crippen molar-refractivity contribution in [3.05, 3.63) is 12.8 Å². The number of esters is 2. The molecule has 7 N–H and O–H groups in total. The number of carbonyl (C=O) groups excluding carboxylic acids is 2. The van der Waals surface area contributed by atoms with E-state index in [9.17, 15) is 45.3 Å². The number of hydrogen-bond acceptors (Lipinski definition) is 14. The average molecular weight is 468 g/mol. The lowest BCUT2D eigenvalue weighted by atomic mass is 9.97. The Labute approximate surface area is 182 Å². The quantitative estimate of drug-likeness (QED) is 0.125. The van der Waals surface area contributed by atoms with Crippen LogP contribution in [0.3, 0.4) is 0 Å². The Morgan fingerprint density at radius 2 is 1.50 bits per heavy atom. The summed E-state index contributed by atoms with van der Waals surface area (Å²) in [5, 5.41) is 69.2. The van der Waals surface area contributed by atoms with Crippen LogP contribution >= 0.6 is 0 Å². The highest BCUT2D eigenvalue weighted by molar-refractivity contribution is 5.77. The summed E-state index contributed by atoms with van der Waals surface area (Å²) in [6, 6.07) is 0. The molecule has 10 atom stereocenters. The monoisotopic (exact) mass is 468 g/mol. The molecule has 2 saturated heterocycles. The van der Waals surface area contributed by atoms with E-state index >= 15 is 0 Å². The van der Waals surface area contributed by atoms with E-state index < -0.39 is 86.6 Å². The fraction of sp³-hybridized carbons (Fsp3) is 0.778. The molecule has 0 aromatic rings. The summed E-state index contributed by atoms with van der Waals surface area (Å²) in [4.78, 5) is 23.0. The Morgan fingerprint density at radius 1 is 0.844 bits per heavy atom. The van der Waals surface area contributed by atoms with Gasteiger partial charge in [0.1, 0.15) is 55.4 Å². The van der Waals surface area contributed by atoms with Crippen molar-refractivity contribution in [1.29, 1.82) is 0 Å².